The molecule has 0 fully saturated rings. The van der Waals surface area contributed by atoms with E-state index in [-0.39, 0.29) is 11.5 Å². The third-order valence-corrected chi connectivity index (χ3v) is 2.92. The quantitative estimate of drug-likeness (QED) is 0.506. The molecule has 0 saturated carbocycles. The Bertz CT molecular complexity index is 673. The summed E-state index contributed by atoms with van der Waals surface area (Å²) in [6, 6.07) is 1.01. The van der Waals surface area contributed by atoms with Crippen molar-refractivity contribution < 1.29 is 45.0 Å². The summed E-state index contributed by atoms with van der Waals surface area (Å²) >= 11 is 0. The van der Waals surface area contributed by atoms with Gasteiger partial charge in [0.15, 0.2) is 11.5 Å². The van der Waals surface area contributed by atoms with Crippen molar-refractivity contribution in [2.75, 3.05) is 6.54 Å². The molecule has 11 heteroatoms. The van der Waals surface area contributed by atoms with Gasteiger partial charge in [-0.25, -0.2) is 0 Å². The maximum Gasteiger partial charge on any atom is 0.420 e. The topological polar surface area (TPSA) is 47.6 Å². The SMILES string of the molecule is CC(C)CNC(=O)/C=C/c1cc(OC(F)F)c(OC(F)F)c(C(F)(F)F)c1. The van der Waals surface area contributed by atoms with E-state index >= 15 is 0 Å². The van der Waals surface area contributed by atoms with Crippen molar-refractivity contribution in [3.05, 3.63) is 29.3 Å². The first-order valence-corrected chi connectivity index (χ1v) is 7.51. The van der Waals surface area contributed by atoms with Gasteiger partial charge in [0.1, 0.15) is 5.56 Å². The standard InChI is InChI=1S/C16H16F7NO3/c1-8(2)7-24-12(25)4-3-9-5-10(16(21,22)23)13(27-15(19)20)11(6-9)26-14(17)18/h3-6,8,14-15H,7H2,1-2H3,(H,24,25)/b4-3+. The fraction of sp³-hybridized carbons (Fsp3) is 0.438. The van der Waals surface area contributed by atoms with Crippen molar-refractivity contribution in [1.29, 1.82) is 0 Å². The van der Waals surface area contributed by atoms with Crippen molar-refractivity contribution in [1.82, 2.24) is 5.32 Å². The second-order valence-corrected chi connectivity index (χ2v) is 5.62. The van der Waals surface area contributed by atoms with E-state index < -0.39 is 42.4 Å². The Balaban J connectivity index is 3.31. The Morgan fingerprint density at radius 2 is 1.70 bits per heavy atom. The van der Waals surface area contributed by atoms with Crippen molar-refractivity contribution in [3.63, 3.8) is 0 Å². The van der Waals surface area contributed by atoms with Crippen LogP contribution in [0, 0.1) is 5.92 Å². The fourth-order valence-corrected chi connectivity index (χ4v) is 1.86. The lowest BCUT2D eigenvalue weighted by molar-refractivity contribution is -0.143. The van der Waals surface area contributed by atoms with Gasteiger partial charge in [-0.05, 0) is 29.7 Å². The molecule has 1 rings (SSSR count). The summed E-state index contributed by atoms with van der Waals surface area (Å²) in [5, 5.41) is 2.46. The van der Waals surface area contributed by atoms with Gasteiger partial charge in [0, 0.05) is 12.6 Å². The van der Waals surface area contributed by atoms with Crippen LogP contribution in [-0.2, 0) is 11.0 Å². The molecule has 152 valence electrons. The molecule has 27 heavy (non-hydrogen) atoms. The molecule has 0 heterocycles. The van der Waals surface area contributed by atoms with Crippen molar-refractivity contribution in [2.45, 2.75) is 33.2 Å². The van der Waals surface area contributed by atoms with Crippen LogP contribution in [0.25, 0.3) is 6.08 Å². The van der Waals surface area contributed by atoms with Gasteiger partial charge in [-0.2, -0.15) is 30.7 Å². The summed E-state index contributed by atoms with van der Waals surface area (Å²) in [4.78, 5) is 11.6. The Hall–Kier alpha value is -2.46. The van der Waals surface area contributed by atoms with Crippen molar-refractivity contribution in [2.24, 2.45) is 5.92 Å². The lowest BCUT2D eigenvalue weighted by Gasteiger charge is -2.18. The van der Waals surface area contributed by atoms with Crippen LogP contribution in [0.3, 0.4) is 0 Å². The number of hydrogen-bond donors (Lipinski definition) is 1. The number of rotatable bonds is 8. The maximum absolute atomic E-state index is 13.1. The minimum atomic E-state index is -5.20. The lowest BCUT2D eigenvalue weighted by atomic mass is 10.1. The molecule has 0 radical (unpaired) electrons. The molecule has 1 aromatic rings. The zero-order chi connectivity index (χ0) is 20.8. The molecule has 1 amide bonds. The number of halogens is 7. The van der Waals surface area contributed by atoms with Crippen LogP contribution in [0.5, 0.6) is 11.5 Å². The molecule has 0 atom stereocenters. The van der Waals surface area contributed by atoms with Crippen LogP contribution in [-0.4, -0.2) is 25.7 Å². The highest BCUT2D eigenvalue weighted by Crippen LogP contribution is 2.44. The van der Waals surface area contributed by atoms with Gasteiger partial charge in [-0.3, -0.25) is 4.79 Å². The molecule has 0 unspecified atom stereocenters. The van der Waals surface area contributed by atoms with Gasteiger partial charge in [-0.15, -0.1) is 0 Å². The fourth-order valence-electron chi connectivity index (χ4n) is 1.86. The predicted octanol–water partition coefficient (Wildman–Crippen LogP) is 4.69. The molecule has 4 nitrogen and oxygen atoms in total. The molecular weight excluding hydrogens is 387 g/mol. The van der Waals surface area contributed by atoms with Crippen molar-refractivity contribution in [3.8, 4) is 11.5 Å². The Kier molecular flexibility index (Phi) is 7.92. The average Bonchev–Trinajstić information content (AvgIpc) is 2.50. The van der Waals surface area contributed by atoms with E-state index in [1.165, 1.54) is 0 Å². The number of benzene rings is 1. The monoisotopic (exact) mass is 403 g/mol. The number of carbonyl (C=O) groups excluding carboxylic acids is 1. The third-order valence-electron chi connectivity index (χ3n) is 2.92. The summed E-state index contributed by atoms with van der Waals surface area (Å²) in [6.45, 7) is -3.35. The normalized spacial score (nSPS) is 12.3. The number of hydrogen-bond acceptors (Lipinski definition) is 3. The zero-order valence-electron chi connectivity index (χ0n) is 14.1. The van der Waals surface area contributed by atoms with Crippen LogP contribution in [0.1, 0.15) is 25.0 Å². The molecule has 0 spiro atoms. The minimum Gasteiger partial charge on any atom is -0.431 e. The smallest absolute Gasteiger partial charge is 0.420 e. The summed E-state index contributed by atoms with van der Waals surface area (Å²) in [5.41, 5.74) is -2.12. The summed E-state index contributed by atoms with van der Waals surface area (Å²) in [6.07, 6.45) is -3.43. The number of nitrogens with one attached hydrogen (secondary N) is 1. The van der Waals surface area contributed by atoms with Crippen LogP contribution in [0.15, 0.2) is 18.2 Å². The molecule has 1 aromatic carbocycles. The van der Waals surface area contributed by atoms with Gasteiger partial charge >= 0.3 is 19.4 Å². The molecule has 0 bridgehead atoms. The summed E-state index contributed by atoms with van der Waals surface area (Å²) < 4.78 is 96.8. The van der Waals surface area contributed by atoms with E-state index in [0.717, 1.165) is 12.2 Å². The highest BCUT2D eigenvalue weighted by molar-refractivity contribution is 5.91. The number of carbonyl (C=O) groups is 1. The second-order valence-electron chi connectivity index (χ2n) is 5.62. The summed E-state index contributed by atoms with van der Waals surface area (Å²) in [7, 11) is 0. The first-order chi connectivity index (χ1) is 12.4. The third kappa shape index (κ3) is 7.75. The van der Waals surface area contributed by atoms with Gasteiger partial charge < -0.3 is 14.8 Å². The molecule has 0 aliphatic heterocycles. The second kappa shape index (κ2) is 9.47. The van der Waals surface area contributed by atoms with E-state index in [1.54, 1.807) is 0 Å². The Morgan fingerprint density at radius 3 is 2.19 bits per heavy atom. The minimum absolute atomic E-state index is 0.121. The number of ether oxygens (including phenoxy) is 2. The van der Waals surface area contributed by atoms with Crippen LogP contribution >= 0.6 is 0 Å². The van der Waals surface area contributed by atoms with Crippen LogP contribution in [0.2, 0.25) is 0 Å². The predicted molar refractivity (Wildman–Crippen MR) is 81.6 cm³/mol. The molecule has 0 aliphatic rings. The number of alkyl halides is 7. The van der Waals surface area contributed by atoms with Gasteiger partial charge in [0.25, 0.3) is 0 Å². The van der Waals surface area contributed by atoms with E-state index in [1.807, 2.05) is 13.8 Å². The molecule has 1 N–H and O–H groups in total. The van der Waals surface area contributed by atoms with E-state index in [0.29, 0.717) is 18.7 Å². The van der Waals surface area contributed by atoms with Gasteiger partial charge in [0.2, 0.25) is 5.91 Å². The first-order valence-electron chi connectivity index (χ1n) is 7.51. The van der Waals surface area contributed by atoms with Gasteiger partial charge in [0.05, 0.1) is 0 Å². The highest BCUT2D eigenvalue weighted by atomic mass is 19.4. The lowest BCUT2D eigenvalue weighted by Crippen LogP contribution is -2.25. The van der Waals surface area contributed by atoms with E-state index in [9.17, 15) is 35.5 Å². The summed E-state index contributed by atoms with van der Waals surface area (Å²) in [5.74, 6) is -3.32. The Morgan fingerprint density at radius 1 is 1.11 bits per heavy atom. The molecule has 0 saturated heterocycles. The van der Waals surface area contributed by atoms with Gasteiger partial charge in [-0.1, -0.05) is 13.8 Å². The van der Waals surface area contributed by atoms with E-state index in [4.69, 9.17) is 0 Å². The number of amides is 1. The largest absolute Gasteiger partial charge is 0.431 e. The Labute approximate surface area is 149 Å². The zero-order valence-corrected chi connectivity index (χ0v) is 14.1. The molecular formula is C16H16F7NO3. The molecule has 0 aliphatic carbocycles. The average molecular weight is 403 g/mol. The molecule has 0 aromatic heterocycles. The maximum atomic E-state index is 13.1. The van der Waals surface area contributed by atoms with Crippen LogP contribution in [0.4, 0.5) is 30.7 Å². The first kappa shape index (κ1) is 22.6. The van der Waals surface area contributed by atoms with Crippen LogP contribution < -0.4 is 14.8 Å². The highest BCUT2D eigenvalue weighted by Gasteiger charge is 2.38. The van der Waals surface area contributed by atoms with Crippen molar-refractivity contribution >= 4 is 12.0 Å². The van der Waals surface area contributed by atoms with E-state index in [2.05, 4.69) is 14.8 Å².